The van der Waals surface area contributed by atoms with E-state index in [2.05, 4.69) is 0 Å². The maximum Gasteiger partial charge on any atom is 0.225 e. The summed E-state index contributed by atoms with van der Waals surface area (Å²) >= 11 is 0. The molecule has 1 N–H and O–H groups in total. The summed E-state index contributed by atoms with van der Waals surface area (Å²) in [6.45, 7) is 4.23. The molecule has 82 valence electrons. The summed E-state index contributed by atoms with van der Waals surface area (Å²) in [6, 6.07) is 0. The van der Waals surface area contributed by atoms with Gasteiger partial charge in [0.1, 0.15) is 6.17 Å². The molecule has 4 heteroatoms. The number of carbonyl (C=O) groups excluding carboxylic acids is 1. The first-order valence-electron chi connectivity index (χ1n) is 5.10. The van der Waals surface area contributed by atoms with E-state index >= 15 is 0 Å². The van der Waals surface area contributed by atoms with Crippen molar-refractivity contribution in [3.05, 3.63) is 0 Å². The smallest absolute Gasteiger partial charge is 0.225 e. The van der Waals surface area contributed by atoms with Crippen molar-refractivity contribution in [2.24, 2.45) is 5.92 Å². The summed E-state index contributed by atoms with van der Waals surface area (Å²) in [5.74, 6) is -0.0971. The SMILES string of the molecule is C[C@H](O)CC(=O)N1CC[C@H](C)C(F)C1. The Hall–Kier alpha value is -0.640. The number of carbonyl (C=O) groups is 1. The quantitative estimate of drug-likeness (QED) is 0.726. The van der Waals surface area contributed by atoms with Crippen LogP contribution in [-0.2, 0) is 4.79 Å². The Kier molecular flexibility index (Phi) is 3.86. The molecule has 0 bridgehead atoms. The van der Waals surface area contributed by atoms with Crippen LogP contribution in [0.4, 0.5) is 4.39 Å². The zero-order valence-corrected chi connectivity index (χ0v) is 8.74. The van der Waals surface area contributed by atoms with Crippen LogP contribution in [0.5, 0.6) is 0 Å². The third-order valence-corrected chi connectivity index (χ3v) is 2.69. The Labute approximate surface area is 83.9 Å². The van der Waals surface area contributed by atoms with E-state index in [9.17, 15) is 9.18 Å². The van der Waals surface area contributed by atoms with Crippen molar-refractivity contribution in [2.45, 2.75) is 39.0 Å². The van der Waals surface area contributed by atoms with E-state index in [0.29, 0.717) is 13.0 Å². The van der Waals surface area contributed by atoms with Gasteiger partial charge >= 0.3 is 0 Å². The van der Waals surface area contributed by atoms with E-state index in [1.54, 1.807) is 6.92 Å². The third-order valence-electron chi connectivity index (χ3n) is 2.69. The molecular weight excluding hydrogens is 185 g/mol. The number of alkyl halides is 1. The highest BCUT2D eigenvalue weighted by atomic mass is 19.1. The molecule has 0 spiro atoms. The first-order valence-corrected chi connectivity index (χ1v) is 5.10. The van der Waals surface area contributed by atoms with Gasteiger partial charge in [-0.05, 0) is 19.3 Å². The van der Waals surface area contributed by atoms with Gasteiger partial charge in [-0.25, -0.2) is 4.39 Å². The number of rotatable bonds is 2. The van der Waals surface area contributed by atoms with Gasteiger partial charge in [-0.15, -0.1) is 0 Å². The second-order valence-electron chi connectivity index (χ2n) is 4.17. The minimum Gasteiger partial charge on any atom is -0.393 e. The monoisotopic (exact) mass is 203 g/mol. The highest BCUT2D eigenvalue weighted by molar-refractivity contribution is 5.76. The van der Waals surface area contributed by atoms with E-state index in [1.165, 1.54) is 4.90 Å². The maximum atomic E-state index is 13.3. The van der Waals surface area contributed by atoms with Crippen LogP contribution in [0.15, 0.2) is 0 Å². The van der Waals surface area contributed by atoms with Crippen molar-refractivity contribution in [3.63, 3.8) is 0 Å². The van der Waals surface area contributed by atoms with E-state index < -0.39 is 12.3 Å². The molecular formula is C10H18FNO2. The average Bonchev–Trinajstić information content (AvgIpc) is 2.08. The Morgan fingerprint density at radius 1 is 1.71 bits per heavy atom. The van der Waals surface area contributed by atoms with Crippen LogP contribution in [0, 0.1) is 5.92 Å². The fourth-order valence-electron chi connectivity index (χ4n) is 1.63. The summed E-state index contributed by atoms with van der Waals surface area (Å²) < 4.78 is 13.3. The highest BCUT2D eigenvalue weighted by Crippen LogP contribution is 2.20. The lowest BCUT2D eigenvalue weighted by Crippen LogP contribution is -2.44. The summed E-state index contributed by atoms with van der Waals surface area (Å²) in [7, 11) is 0. The van der Waals surface area contributed by atoms with E-state index in [-0.39, 0.29) is 24.8 Å². The molecule has 1 aliphatic rings. The molecule has 0 radical (unpaired) electrons. The van der Waals surface area contributed by atoms with Crippen molar-refractivity contribution in [3.8, 4) is 0 Å². The Morgan fingerprint density at radius 2 is 2.36 bits per heavy atom. The second-order valence-corrected chi connectivity index (χ2v) is 4.17. The van der Waals surface area contributed by atoms with Crippen LogP contribution >= 0.6 is 0 Å². The van der Waals surface area contributed by atoms with Gasteiger partial charge in [0.2, 0.25) is 5.91 Å². The van der Waals surface area contributed by atoms with Crippen molar-refractivity contribution < 1.29 is 14.3 Å². The molecule has 0 aromatic rings. The van der Waals surface area contributed by atoms with Crippen LogP contribution in [0.25, 0.3) is 0 Å². The number of nitrogens with zero attached hydrogens (tertiary/aromatic N) is 1. The predicted molar refractivity (Wildman–Crippen MR) is 51.6 cm³/mol. The molecule has 0 aliphatic carbocycles. The normalized spacial score (nSPS) is 30.1. The fourth-order valence-corrected chi connectivity index (χ4v) is 1.63. The fraction of sp³-hybridized carbons (Fsp3) is 0.900. The molecule has 1 unspecified atom stereocenters. The third kappa shape index (κ3) is 2.94. The molecule has 0 aromatic heterocycles. The van der Waals surface area contributed by atoms with Gasteiger partial charge < -0.3 is 10.0 Å². The van der Waals surface area contributed by atoms with Crippen LogP contribution in [-0.4, -0.2) is 41.3 Å². The molecule has 3 nitrogen and oxygen atoms in total. The van der Waals surface area contributed by atoms with E-state index in [4.69, 9.17) is 5.11 Å². The van der Waals surface area contributed by atoms with Gasteiger partial charge in [0.25, 0.3) is 0 Å². The van der Waals surface area contributed by atoms with Crippen molar-refractivity contribution in [1.29, 1.82) is 0 Å². The minimum atomic E-state index is -0.915. The molecule has 1 heterocycles. The largest absolute Gasteiger partial charge is 0.393 e. The van der Waals surface area contributed by atoms with E-state index in [0.717, 1.165) is 0 Å². The number of hydrogen-bond acceptors (Lipinski definition) is 2. The van der Waals surface area contributed by atoms with Gasteiger partial charge in [-0.3, -0.25) is 4.79 Å². The number of likely N-dealkylation sites (tertiary alicyclic amines) is 1. The Balaban J connectivity index is 2.42. The van der Waals surface area contributed by atoms with Crippen molar-refractivity contribution >= 4 is 5.91 Å². The lowest BCUT2D eigenvalue weighted by atomic mass is 9.97. The molecule has 1 aliphatic heterocycles. The molecule has 1 fully saturated rings. The Morgan fingerprint density at radius 3 is 2.86 bits per heavy atom. The highest BCUT2D eigenvalue weighted by Gasteiger charge is 2.28. The Bertz CT molecular complexity index is 208. The molecule has 14 heavy (non-hydrogen) atoms. The molecule has 0 aromatic carbocycles. The minimum absolute atomic E-state index is 0.0469. The van der Waals surface area contributed by atoms with Gasteiger partial charge in [0.15, 0.2) is 0 Å². The standard InChI is InChI=1S/C10H18FNO2/c1-7-3-4-12(6-9(7)11)10(14)5-8(2)13/h7-9,13H,3-6H2,1-2H3/t7-,8-,9?/m0/s1. The number of aliphatic hydroxyl groups excluding tert-OH is 1. The zero-order valence-electron chi connectivity index (χ0n) is 8.74. The predicted octanol–water partition coefficient (Wildman–Crippen LogP) is 0.964. The van der Waals surface area contributed by atoms with E-state index in [1.807, 2.05) is 6.92 Å². The van der Waals surface area contributed by atoms with Crippen LogP contribution in [0.2, 0.25) is 0 Å². The summed E-state index contributed by atoms with van der Waals surface area (Å²) in [6.07, 6.45) is -0.741. The molecule has 0 saturated carbocycles. The van der Waals surface area contributed by atoms with Crippen molar-refractivity contribution in [2.75, 3.05) is 13.1 Å². The molecule has 1 rings (SSSR count). The van der Waals surface area contributed by atoms with Crippen molar-refractivity contribution in [1.82, 2.24) is 4.90 Å². The number of piperidine rings is 1. The van der Waals surface area contributed by atoms with Gasteiger partial charge in [0.05, 0.1) is 19.1 Å². The zero-order chi connectivity index (χ0) is 10.7. The van der Waals surface area contributed by atoms with Crippen LogP contribution in [0.3, 0.4) is 0 Å². The second kappa shape index (κ2) is 4.73. The maximum absolute atomic E-state index is 13.3. The molecule has 1 saturated heterocycles. The first-order chi connectivity index (χ1) is 6.50. The summed E-state index contributed by atoms with van der Waals surface area (Å²) in [5, 5.41) is 9.03. The number of amides is 1. The first kappa shape index (κ1) is 11.4. The summed E-state index contributed by atoms with van der Waals surface area (Å²) in [5.41, 5.74) is 0. The lowest BCUT2D eigenvalue weighted by Gasteiger charge is -2.33. The number of halogens is 1. The average molecular weight is 203 g/mol. The lowest BCUT2D eigenvalue weighted by molar-refractivity contribution is -0.135. The van der Waals surface area contributed by atoms with Gasteiger partial charge in [-0.1, -0.05) is 6.92 Å². The summed E-state index contributed by atoms with van der Waals surface area (Å²) in [4.78, 5) is 13.0. The number of aliphatic hydroxyl groups is 1. The van der Waals surface area contributed by atoms with Crippen LogP contribution < -0.4 is 0 Å². The molecule has 3 atom stereocenters. The van der Waals surface area contributed by atoms with Crippen LogP contribution in [0.1, 0.15) is 26.7 Å². The number of hydrogen-bond donors (Lipinski definition) is 1. The van der Waals surface area contributed by atoms with Gasteiger partial charge in [0, 0.05) is 6.54 Å². The van der Waals surface area contributed by atoms with Gasteiger partial charge in [-0.2, -0.15) is 0 Å². The topological polar surface area (TPSA) is 40.5 Å². The molecule has 1 amide bonds.